The minimum atomic E-state index is 0.114. The van der Waals surface area contributed by atoms with Crippen LogP contribution in [-0.4, -0.2) is 25.5 Å². The van der Waals surface area contributed by atoms with Crippen LogP contribution in [0.5, 0.6) is 0 Å². The number of carbonyl (C=O) groups is 1. The molecule has 2 aromatic carbocycles. The van der Waals surface area contributed by atoms with Crippen LogP contribution in [0.25, 0.3) is 0 Å². The number of carbonyl (C=O) groups excluding carboxylic acids is 1. The second-order valence-corrected chi connectivity index (χ2v) is 6.28. The van der Waals surface area contributed by atoms with E-state index in [1.165, 1.54) is 16.8 Å². The minimum Gasteiger partial charge on any atom is -0.370 e. The van der Waals surface area contributed by atoms with Crippen molar-refractivity contribution >= 4 is 23.2 Å². The van der Waals surface area contributed by atoms with Gasteiger partial charge in [0, 0.05) is 36.8 Å². The zero-order valence-corrected chi connectivity index (χ0v) is 13.9. The second-order valence-electron chi connectivity index (χ2n) is 5.84. The quantitative estimate of drug-likeness (QED) is 0.881. The molecule has 3 rings (SSSR count). The van der Waals surface area contributed by atoms with Crippen molar-refractivity contribution in [3.8, 4) is 0 Å². The molecule has 1 amide bonds. The summed E-state index contributed by atoms with van der Waals surface area (Å²) in [5.41, 5.74) is 3.85. The summed E-state index contributed by atoms with van der Waals surface area (Å²) in [5.74, 6) is 0.114. The van der Waals surface area contributed by atoms with Gasteiger partial charge in [-0.3, -0.25) is 4.79 Å². The highest BCUT2D eigenvalue weighted by Gasteiger charge is 2.18. The number of rotatable bonds is 6. The van der Waals surface area contributed by atoms with Crippen LogP contribution in [0, 0.1) is 0 Å². The molecular weight excluding hydrogens is 308 g/mol. The van der Waals surface area contributed by atoms with Crippen LogP contribution >= 0.6 is 11.6 Å². The maximum atomic E-state index is 12.0. The lowest BCUT2D eigenvalue weighted by atomic mass is 10.1. The van der Waals surface area contributed by atoms with Gasteiger partial charge < -0.3 is 10.2 Å². The zero-order valence-electron chi connectivity index (χ0n) is 13.1. The molecule has 0 fully saturated rings. The van der Waals surface area contributed by atoms with Gasteiger partial charge in [0.05, 0.1) is 0 Å². The first-order valence-corrected chi connectivity index (χ1v) is 8.44. The van der Waals surface area contributed by atoms with Gasteiger partial charge >= 0.3 is 0 Å². The Bertz CT molecular complexity index is 669. The van der Waals surface area contributed by atoms with Gasteiger partial charge in [0.25, 0.3) is 0 Å². The molecule has 120 valence electrons. The van der Waals surface area contributed by atoms with Crippen LogP contribution in [0.2, 0.25) is 5.02 Å². The molecular formula is C19H21ClN2O. The number of nitrogens with one attached hydrogen (secondary N) is 1. The van der Waals surface area contributed by atoms with E-state index in [0.29, 0.717) is 13.0 Å². The molecule has 0 saturated heterocycles. The molecule has 0 atom stereocenters. The van der Waals surface area contributed by atoms with E-state index in [4.69, 9.17) is 11.6 Å². The largest absolute Gasteiger partial charge is 0.370 e. The Morgan fingerprint density at radius 2 is 1.91 bits per heavy atom. The van der Waals surface area contributed by atoms with Crippen molar-refractivity contribution in [3.63, 3.8) is 0 Å². The van der Waals surface area contributed by atoms with Gasteiger partial charge in [0.1, 0.15) is 0 Å². The third-order valence-electron chi connectivity index (χ3n) is 4.24. The third kappa shape index (κ3) is 4.26. The molecule has 23 heavy (non-hydrogen) atoms. The number of halogens is 1. The van der Waals surface area contributed by atoms with E-state index in [1.54, 1.807) is 0 Å². The summed E-state index contributed by atoms with van der Waals surface area (Å²) in [5, 5.41) is 3.73. The minimum absolute atomic E-state index is 0.114. The maximum Gasteiger partial charge on any atom is 0.221 e. The Balaban J connectivity index is 1.39. The summed E-state index contributed by atoms with van der Waals surface area (Å²) >= 11 is 5.86. The average molecular weight is 329 g/mol. The highest BCUT2D eigenvalue weighted by atomic mass is 35.5. The lowest BCUT2D eigenvalue weighted by Gasteiger charge is -2.18. The summed E-state index contributed by atoms with van der Waals surface area (Å²) in [6.45, 7) is 2.46. The number of hydrogen-bond donors (Lipinski definition) is 1. The van der Waals surface area contributed by atoms with Gasteiger partial charge in [0.15, 0.2) is 0 Å². The first-order valence-electron chi connectivity index (χ1n) is 8.06. The number of anilines is 1. The molecule has 1 heterocycles. The van der Waals surface area contributed by atoms with Crippen molar-refractivity contribution in [1.29, 1.82) is 0 Å². The van der Waals surface area contributed by atoms with E-state index < -0.39 is 0 Å². The zero-order chi connectivity index (χ0) is 16.1. The van der Waals surface area contributed by atoms with Crippen molar-refractivity contribution in [2.75, 3.05) is 24.5 Å². The van der Waals surface area contributed by atoms with E-state index in [9.17, 15) is 4.79 Å². The third-order valence-corrected chi connectivity index (χ3v) is 4.49. The Labute approximate surface area is 142 Å². The standard InChI is InChI=1S/C19H21ClN2O/c20-17-7-5-15(6-8-17)9-12-21-19(23)11-14-22-13-10-16-3-1-2-4-18(16)22/h1-8H,9-14H2,(H,21,23). The van der Waals surface area contributed by atoms with Crippen molar-refractivity contribution in [2.24, 2.45) is 0 Å². The molecule has 0 aliphatic carbocycles. The Morgan fingerprint density at radius 1 is 1.13 bits per heavy atom. The molecule has 2 aromatic rings. The summed E-state index contributed by atoms with van der Waals surface area (Å²) in [6.07, 6.45) is 2.44. The SMILES string of the molecule is O=C(CCN1CCc2ccccc21)NCCc1ccc(Cl)cc1. The molecule has 4 heteroatoms. The van der Waals surface area contributed by atoms with E-state index in [-0.39, 0.29) is 5.91 Å². The summed E-state index contributed by atoms with van der Waals surface area (Å²) in [6, 6.07) is 16.2. The fourth-order valence-electron chi connectivity index (χ4n) is 2.96. The molecule has 0 saturated carbocycles. The van der Waals surface area contributed by atoms with Crippen molar-refractivity contribution in [3.05, 3.63) is 64.7 Å². The number of hydrogen-bond acceptors (Lipinski definition) is 2. The number of benzene rings is 2. The molecule has 1 N–H and O–H groups in total. The van der Waals surface area contributed by atoms with Crippen LogP contribution in [0.4, 0.5) is 5.69 Å². The van der Waals surface area contributed by atoms with Gasteiger partial charge in [-0.1, -0.05) is 41.9 Å². The van der Waals surface area contributed by atoms with E-state index in [2.05, 4.69) is 34.5 Å². The molecule has 3 nitrogen and oxygen atoms in total. The van der Waals surface area contributed by atoms with E-state index in [0.717, 1.165) is 31.0 Å². The van der Waals surface area contributed by atoms with Gasteiger partial charge in [0.2, 0.25) is 5.91 Å². The smallest absolute Gasteiger partial charge is 0.221 e. The summed E-state index contributed by atoms with van der Waals surface area (Å²) in [4.78, 5) is 14.3. The fourth-order valence-corrected chi connectivity index (χ4v) is 3.09. The second kappa shape index (κ2) is 7.51. The number of para-hydroxylation sites is 1. The van der Waals surface area contributed by atoms with E-state index in [1.807, 2.05) is 24.3 Å². The molecule has 0 unspecified atom stereocenters. The summed E-state index contributed by atoms with van der Waals surface area (Å²) < 4.78 is 0. The Hall–Kier alpha value is -2.00. The maximum absolute atomic E-state index is 12.0. The molecule has 1 aliphatic heterocycles. The highest BCUT2D eigenvalue weighted by Crippen LogP contribution is 2.27. The lowest BCUT2D eigenvalue weighted by Crippen LogP contribution is -2.31. The molecule has 1 aliphatic rings. The van der Waals surface area contributed by atoms with Gasteiger partial charge in [-0.05, 0) is 42.2 Å². The van der Waals surface area contributed by atoms with E-state index >= 15 is 0 Å². The van der Waals surface area contributed by atoms with Gasteiger partial charge in [-0.2, -0.15) is 0 Å². The number of amides is 1. The highest BCUT2D eigenvalue weighted by molar-refractivity contribution is 6.30. The van der Waals surface area contributed by atoms with Crippen molar-refractivity contribution in [2.45, 2.75) is 19.3 Å². The topological polar surface area (TPSA) is 32.3 Å². The summed E-state index contributed by atoms with van der Waals surface area (Å²) in [7, 11) is 0. The van der Waals surface area contributed by atoms with Gasteiger partial charge in [-0.25, -0.2) is 0 Å². The van der Waals surface area contributed by atoms with Crippen LogP contribution in [0.1, 0.15) is 17.5 Å². The van der Waals surface area contributed by atoms with Crippen LogP contribution in [-0.2, 0) is 17.6 Å². The first kappa shape index (κ1) is 15.9. The van der Waals surface area contributed by atoms with Crippen molar-refractivity contribution in [1.82, 2.24) is 5.32 Å². The van der Waals surface area contributed by atoms with Gasteiger partial charge in [-0.15, -0.1) is 0 Å². The predicted octanol–water partition coefficient (Wildman–Crippen LogP) is 3.45. The number of nitrogens with zero attached hydrogens (tertiary/aromatic N) is 1. The molecule has 0 bridgehead atoms. The van der Waals surface area contributed by atoms with Crippen LogP contribution in [0.15, 0.2) is 48.5 Å². The molecule has 0 radical (unpaired) electrons. The van der Waals surface area contributed by atoms with Crippen molar-refractivity contribution < 1.29 is 4.79 Å². The first-order chi connectivity index (χ1) is 11.2. The Morgan fingerprint density at radius 3 is 2.74 bits per heavy atom. The number of fused-ring (bicyclic) bond motifs is 1. The Kier molecular flexibility index (Phi) is 5.19. The monoisotopic (exact) mass is 328 g/mol. The fraction of sp³-hybridized carbons (Fsp3) is 0.316. The lowest BCUT2D eigenvalue weighted by molar-refractivity contribution is -0.120. The predicted molar refractivity (Wildman–Crippen MR) is 95.1 cm³/mol. The van der Waals surface area contributed by atoms with Crippen LogP contribution in [0.3, 0.4) is 0 Å². The molecule has 0 spiro atoms. The molecule has 0 aromatic heterocycles. The normalized spacial score (nSPS) is 13.0. The van der Waals surface area contributed by atoms with Crippen LogP contribution < -0.4 is 10.2 Å². The average Bonchev–Trinajstić information content (AvgIpc) is 2.98.